The summed E-state index contributed by atoms with van der Waals surface area (Å²) in [4.78, 5) is 1.95. The van der Waals surface area contributed by atoms with Gasteiger partial charge in [-0.25, -0.2) is 0 Å². The van der Waals surface area contributed by atoms with Crippen LogP contribution in [0.2, 0.25) is 0 Å². The number of anilines is 2. The Morgan fingerprint density at radius 1 is 1.26 bits per heavy atom. The predicted octanol–water partition coefficient (Wildman–Crippen LogP) is 2.48. The summed E-state index contributed by atoms with van der Waals surface area (Å²) < 4.78 is 0. The number of nitrogens with two attached hydrogens (primary N) is 1. The van der Waals surface area contributed by atoms with Crippen LogP contribution in [0.5, 0.6) is 5.75 Å². The minimum absolute atomic E-state index is 0.220. The Kier molecular flexibility index (Phi) is 3.58. The van der Waals surface area contributed by atoms with Crippen molar-refractivity contribution in [1.82, 2.24) is 0 Å². The second-order valence-electron chi connectivity index (χ2n) is 4.41. The van der Waals surface area contributed by atoms with E-state index in [0.29, 0.717) is 17.8 Å². The molecule has 96 valence electrons. The minimum Gasteiger partial charge on any atom is -0.508 e. The molecule has 4 nitrogen and oxygen atoms in total. The Labute approximate surface area is 112 Å². The molecule has 0 fully saturated rings. The molecule has 0 aliphatic rings. The molecule has 3 N–H and O–H groups in total. The fourth-order valence-corrected chi connectivity index (χ4v) is 1.89. The van der Waals surface area contributed by atoms with Gasteiger partial charge in [0.25, 0.3) is 0 Å². The third kappa shape index (κ3) is 2.96. The van der Waals surface area contributed by atoms with Crippen molar-refractivity contribution >= 4 is 11.4 Å². The lowest BCUT2D eigenvalue weighted by Gasteiger charge is -2.20. The van der Waals surface area contributed by atoms with Gasteiger partial charge in [0, 0.05) is 30.5 Å². The quantitative estimate of drug-likeness (QED) is 0.651. The summed E-state index contributed by atoms with van der Waals surface area (Å²) in [7, 11) is 1.90. The number of aromatic hydroxyl groups is 1. The normalized spacial score (nSPS) is 9.89. The molecule has 0 aliphatic carbocycles. The molecule has 0 bridgehead atoms. The molecule has 0 amide bonds. The number of phenolic OH excluding ortho intramolecular Hbond substituents is 1. The van der Waals surface area contributed by atoms with Gasteiger partial charge in [0.15, 0.2) is 0 Å². The maximum atomic E-state index is 9.80. The van der Waals surface area contributed by atoms with Crippen molar-refractivity contribution in [2.24, 2.45) is 0 Å². The van der Waals surface area contributed by atoms with E-state index >= 15 is 0 Å². The summed E-state index contributed by atoms with van der Waals surface area (Å²) in [5.41, 5.74) is 8.62. The lowest BCUT2D eigenvalue weighted by atomic mass is 10.1. The molecule has 4 heteroatoms. The summed E-state index contributed by atoms with van der Waals surface area (Å²) in [6, 6.07) is 14.4. The lowest BCUT2D eigenvalue weighted by molar-refractivity contribution is 0.468. The van der Waals surface area contributed by atoms with Gasteiger partial charge >= 0.3 is 0 Å². The van der Waals surface area contributed by atoms with Gasteiger partial charge in [0.2, 0.25) is 0 Å². The summed E-state index contributed by atoms with van der Waals surface area (Å²) in [6.07, 6.45) is 0. The Bertz CT molecular complexity index is 632. The lowest BCUT2D eigenvalue weighted by Crippen LogP contribution is -2.16. The highest BCUT2D eigenvalue weighted by atomic mass is 16.3. The van der Waals surface area contributed by atoms with Gasteiger partial charge in [-0.3, -0.25) is 0 Å². The largest absolute Gasteiger partial charge is 0.508 e. The van der Waals surface area contributed by atoms with Crippen molar-refractivity contribution in [1.29, 1.82) is 5.26 Å². The SMILES string of the molecule is CN(Cc1cc(N)ccc1O)c1cccc(C#N)c1. The first-order valence-corrected chi connectivity index (χ1v) is 5.89. The van der Waals surface area contributed by atoms with E-state index in [4.69, 9.17) is 11.0 Å². The third-order valence-electron chi connectivity index (χ3n) is 2.93. The fourth-order valence-electron chi connectivity index (χ4n) is 1.89. The van der Waals surface area contributed by atoms with Crippen molar-refractivity contribution < 1.29 is 5.11 Å². The number of benzene rings is 2. The van der Waals surface area contributed by atoms with E-state index in [-0.39, 0.29) is 5.75 Å². The van der Waals surface area contributed by atoms with Gasteiger partial charge in [-0.15, -0.1) is 0 Å². The number of phenols is 1. The molecule has 0 atom stereocenters. The van der Waals surface area contributed by atoms with Gasteiger partial charge < -0.3 is 15.7 Å². The van der Waals surface area contributed by atoms with Crippen molar-refractivity contribution in [3.05, 3.63) is 53.6 Å². The molecule has 0 saturated heterocycles. The van der Waals surface area contributed by atoms with Crippen LogP contribution in [0.25, 0.3) is 0 Å². The zero-order valence-corrected chi connectivity index (χ0v) is 10.7. The molecule has 0 heterocycles. The van der Waals surface area contributed by atoms with Crippen molar-refractivity contribution in [2.45, 2.75) is 6.54 Å². The maximum absolute atomic E-state index is 9.80. The molecular formula is C15H15N3O. The molecule has 2 rings (SSSR count). The Hall–Kier alpha value is -2.67. The first kappa shape index (κ1) is 12.8. The van der Waals surface area contributed by atoms with E-state index in [2.05, 4.69) is 6.07 Å². The second kappa shape index (κ2) is 5.32. The molecule has 0 spiro atoms. The summed E-state index contributed by atoms with van der Waals surface area (Å²) in [6.45, 7) is 0.520. The summed E-state index contributed by atoms with van der Waals surface area (Å²) in [5, 5.41) is 18.7. The molecule has 2 aromatic rings. The van der Waals surface area contributed by atoms with Gasteiger partial charge in [0.1, 0.15) is 5.75 Å². The van der Waals surface area contributed by atoms with Gasteiger partial charge in [-0.05, 0) is 36.4 Å². The van der Waals surface area contributed by atoms with Crippen LogP contribution >= 0.6 is 0 Å². The Morgan fingerprint density at radius 3 is 2.79 bits per heavy atom. The topological polar surface area (TPSA) is 73.3 Å². The molecule has 2 aromatic carbocycles. The van der Waals surface area contributed by atoms with E-state index in [1.165, 1.54) is 0 Å². The van der Waals surface area contributed by atoms with E-state index in [1.54, 1.807) is 24.3 Å². The number of nitrogens with zero attached hydrogens (tertiary/aromatic N) is 2. The molecular weight excluding hydrogens is 238 g/mol. The average Bonchev–Trinajstić information content (AvgIpc) is 2.43. The van der Waals surface area contributed by atoms with Crippen molar-refractivity contribution in [2.75, 3.05) is 17.7 Å². The Morgan fingerprint density at radius 2 is 2.05 bits per heavy atom. The molecule has 0 unspecified atom stereocenters. The molecule has 19 heavy (non-hydrogen) atoms. The first-order chi connectivity index (χ1) is 9.10. The van der Waals surface area contributed by atoms with Crippen molar-refractivity contribution in [3.8, 4) is 11.8 Å². The van der Waals surface area contributed by atoms with Crippen LogP contribution in [0.3, 0.4) is 0 Å². The number of nitrogen functional groups attached to an aromatic ring is 1. The number of nitriles is 1. The highest BCUT2D eigenvalue weighted by Crippen LogP contribution is 2.24. The highest BCUT2D eigenvalue weighted by molar-refractivity contribution is 5.53. The third-order valence-corrected chi connectivity index (χ3v) is 2.93. The zero-order valence-electron chi connectivity index (χ0n) is 10.7. The van der Waals surface area contributed by atoms with Crippen LogP contribution in [0.4, 0.5) is 11.4 Å². The van der Waals surface area contributed by atoms with Crippen LogP contribution < -0.4 is 10.6 Å². The fraction of sp³-hybridized carbons (Fsp3) is 0.133. The number of hydrogen-bond donors (Lipinski definition) is 2. The second-order valence-corrected chi connectivity index (χ2v) is 4.41. The summed E-state index contributed by atoms with van der Waals surface area (Å²) in [5.74, 6) is 0.220. The van der Waals surface area contributed by atoms with E-state index in [0.717, 1.165) is 11.3 Å². The first-order valence-electron chi connectivity index (χ1n) is 5.89. The van der Waals surface area contributed by atoms with Crippen molar-refractivity contribution in [3.63, 3.8) is 0 Å². The van der Waals surface area contributed by atoms with Gasteiger partial charge in [-0.2, -0.15) is 5.26 Å². The van der Waals surface area contributed by atoms with Crippen LogP contribution in [0.1, 0.15) is 11.1 Å². The van der Waals surface area contributed by atoms with Gasteiger partial charge in [-0.1, -0.05) is 6.07 Å². The van der Waals surface area contributed by atoms with E-state index < -0.39 is 0 Å². The number of rotatable bonds is 3. The van der Waals surface area contributed by atoms with Crippen LogP contribution in [0.15, 0.2) is 42.5 Å². The van der Waals surface area contributed by atoms with Crippen LogP contribution in [-0.4, -0.2) is 12.2 Å². The minimum atomic E-state index is 0.220. The standard InChI is InChI=1S/C15H15N3O/c1-18(14-4-2-3-11(7-14)9-16)10-12-8-13(17)5-6-15(12)19/h2-8,19H,10,17H2,1H3. The van der Waals surface area contributed by atoms with Crippen LogP contribution in [-0.2, 0) is 6.54 Å². The molecule has 0 radical (unpaired) electrons. The molecule has 0 aliphatic heterocycles. The smallest absolute Gasteiger partial charge is 0.120 e. The average molecular weight is 253 g/mol. The monoisotopic (exact) mass is 253 g/mol. The van der Waals surface area contributed by atoms with E-state index in [9.17, 15) is 5.11 Å². The zero-order chi connectivity index (χ0) is 13.8. The number of hydrogen-bond acceptors (Lipinski definition) is 4. The highest BCUT2D eigenvalue weighted by Gasteiger charge is 2.07. The maximum Gasteiger partial charge on any atom is 0.120 e. The Balaban J connectivity index is 2.23. The van der Waals surface area contributed by atoms with E-state index in [1.807, 2.05) is 30.1 Å². The van der Waals surface area contributed by atoms with Crippen LogP contribution in [0, 0.1) is 11.3 Å². The molecule has 0 aromatic heterocycles. The molecule has 0 saturated carbocycles. The van der Waals surface area contributed by atoms with Gasteiger partial charge in [0.05, 0.1) is 11.6 Å². The predicted molar refractivity (Wildman–Crippen MR) is 75.8 cm³/mol. The summed E-state index contributed by atoms with van der Waals surface area (Å²) >= 11 is 0.